The third-order valence-corrected chi connectivity index (χ3v) is 7.38. The van der Waals surface area contributed by atoms with Gasteiger partial charge in [-0.05, 0) is 42.8 Å². The maximum atomic E-state index is 12.9. The normalized spacial score (nSPS) is 20.9. The van der Waals surface area contributed by atoms with Crippen molar-refractivity contribution in [1.82, 2.24) is 9.80 Å². The van der Waals surface area contributed by atoms with Crippen LogP contribution in [0.25, 0.3) is 10.1 Å². The summed E-state index contributed by atoms with van der Waals surface area (Å²) >= 11 is 1.61. The number of piperidine rings is 1. The van der Waals surface area contributed by atoms with Gasteiger partial charge in [0.15, 0.2) is 0 Å². The van der Waals surface area contributed by atoms with E-state index < -0.39 is 12.1 Å². The summed E-state index contributed by atoms with van der Waals surface area (Å²) in [6, 6.07) is 10.3. The Morgan fingerprint density at radius 2 is 1.88 bits per heavy atom. The number of hydrogen-bond donors (Lipinski definition) is 1. The molecule has 4 rings (SSSR count). The summed E-state index contributed by atoms with van der Waals surface area (Å²) in [7, 11) is 4.00. The lowest BCUT2D eigenvalue weighted by Gasteiger charge is -2.42. The molecule has 2 fully saturated rings. The summed E-state index contributed by atoms with van der Waals surface area (Å²) in [5.41, 5.74) is 0.321. The highest BCUT2D eigenvalue weighted by molar-refractivity contribution is 7.20. The third kappa shape index (κ3) is 5.41. The zero-order chi connectivity index (χ0) is 23.5. The molecule has 2 aliphatic rings. The highest BCUT2D eigenvalue weighted by atomic mass is 32.1. The SMILES string of the molecule is COCC1CN(C)CC12CCN(C(=O)c1cc3ccccc3s1)CC2.O=C(O)C(F)(F)F. The van der Waals surface area contributed by atoms with Gasteiger partial charge in [0.1, 0.15) is 0 Å². The number of carbonyl (C=O) groups excluding carboxylic acids is 1. The molecular weight excluding hydrogens is 445 g/mol. The van der Waals surface area contributed by atoms with Gasteiger partial charge in [-0.3, -0.25) is 4.79 Å². The number of rotatable bonds is 3. The van der Waals surface area contributed by atoms with E-state index in [1.807, 2.05) is 18.2 Å². The van der Waals surface area contributed by atoms with E-state index in [9.17, 15) is 18.0 Å². The Morgan fingerprint density at radius 3 is 2.44 bits per heavy atom. The zero-order valence-corrected chi connectivity index (χ0v) is 18.8. The molecule has 0 saturated carbocycles. The molecule has 1 aromatic heterocycles. The number of thiophene rings is 1. The first-order valence-corrected chi connectivity index (χ1v) is 11.1. The van der Waals surface area contributed by atoms with Crippen LogP contribution in [0.4, 0.5) is 13.2 Å². The van der Waals surface area contributed by atoms with E-state index in [1.54, 1.807) is 18.4 Å². The molecule has 32 heavy (non-hydrogen) atoms. The van der Waals surface area contributed by atoms with Gasteiger partial charge in [-0.2, -0.15) is 13.2 Å². The van der Waals surface area contributed by atoms with Crippen LogP contribution in [0.5, 0.6) is 0 Å². The molecule has 6 nitrogen and oxygen atoms in total. The molecule has 1 aromatic carbocycles. The predicted molar refractivity (Wildman–Crippen MR) is 116 cm³/mol. The van der Waals surface area contributed by atoms with E-state index in [4.69, 9.17) is 14.6 Å². The van der Waals surface area contributed by atoms with Crippen LogP contribution < -0.4 is 0 Å². The smallest absolute Gasteiger partial charge is 0.475 e. The maximum absolute atomic E-state index is 12.9. The van der Waals surface area contributed by atoms with E-state index in [0.29, 0.717) is 11.3 Å². The summed E-state index contributed by atoms with van der Waals surface area (Å²) in [6.07, 6.45) is -2.91. The quantitative estimate of drug-likeness (QED) is 0.732. The number of alkyl halides is 3. The average molecular weight is 473 g/mol. The molecule has 1 atom stereocenters. The number of hydrogen-bond acceptors (Lipinski definition) is 5. The zero-order valence-electron chi connectivity index (χ0n) is 18.0. The average Bonchev–Trinajstić information content (AvgIpc) is 3.29. The lowest BCUT2D eigenvalue weighted by Crippen LogP contribution is -2.47. The second-order valence-electron chi connectivity index (χ2n) is 8.45. The van der Waals surface area contributed by atoms with Crippen LogP contribution in [-0.2, 0) is 9.53 Å². The number of nitrogens with zero attached hydrogens (tertiary/aromatic N) is 2. The molecule has 10 heteroatoms. The molecule has 1 N–H and O–H groups in total. The van der Waals surface area contributed by atoms with Crippen LogP contribution in [0, 0.1) is 11.3 Å². The first-order chi connectivity index (χ1) is 15.1. The number of methoxy groups -OCH3 is 1. The molecule has 176 valence electrons. The predicted octanol–water partition coefficient (Wildman–Crippen LogP) is 3.97. The molecule has 0 aliphatic carbocycles. The summed E-state index contributed by atoms with van der Waals surface area (Å²) in [6.45, 7) is 4.79. The van der Waals surface area contributed by atoms with Crippen LogP contribution in [0.3, 0.4) is 0 Å². The molecular formula is C22H27F3N2O4S. The highest BCUT2D eigenvalue weighted by Gasteiger charge is 2.47. The largest absolute Gasteiger partial charge is 0.490 e. The molecule has 1 amide bonds. The number of benzene rings is 1. The van der Waals surface area contributed by atoms with Gasteiger partial charge in [-0.25, -0.2) is 4.79 Å². The highest BCUT2D eigenvalue weighted by Crippen LogP contribution is 2.44. The van der Waals surface area contributed by atoms with Gasteiger partial charge in [0, 0.05) is 43.9 Å². The van der Waals surface area contributed by atoms with Gasteiger partial charge in [-0.15, -0.1) is 11.3 Å². The minimum Gasteiger partial charge on any atom is -0.475 e. The Bertz CT molecular complexity index is 921. The number of carboxylic acids is 1. The number of carbonyl (C=O) groups is 2. The first-order valence-electron chi connectivity index (χ1n) is 10.3. The Hall–Kier alpha value is -2.17. The number of carboxylic acid groups (broad SMARTS) is 1. The number of amides is 1. The topological polar surface area (TPSA) is 70.1 Å². The van der Waals surface area contributed by atoms with Crippen molar-refractivity contribution in [2.24, 2.45) is 11.3 Å². The molecule has 2 aromatic rings. The number of aliphatic carboxylic acids is 1. The van der Waals surface area contributed by atoms with Gasteiger partial charge in [-0.1, -0.05) is 18.2 Å². The van der Waals surface area contributed by atoms with Crippen LogP contribution >= 0.6 is 11.3 Å². The molecule has 0 radical (unpaired) electrons. The van der Waals surface area contributed by atoms with Crippen molar-refractivity contribution in [3.63, 3.8) is 0 Å². The second-order valence-corrected chi connectivity index (χ2v) is 9.54. The Balaban J connectivity index is 0.000000360. The first kappa shape index (κ1) is 24.5. The van der Waals surface area contributed by atoms with Crippen LogP contribution in [0.1, 0.15) is 22.5 Å². The van der Waals surface area contributed by atoms with E-state index >= 15 is 0 Å². The Labute approximate surface area is 188 Å². The van der Waals surface area contributed by atoms with Gasteiger partial charge < -0.3 is 19.6 Å². The van der Waals surface area contributed by atoms with Crippen molar-refractivity contribution in [3.8, 4) is 0 Å². The molecule has 1 unspecified atom stereocenters. The van der Waals surface area contributed by atoms with E-state index in [1.165, 1.54) is 10.1 Å². The standard InChI is InChI=1S/C20H26N2O2S.C2HF3O2/c1-21-12-16(13-24-2)20(14-21)7-9-22(10-8-20)19(23)18-11-15-5-3-4-6-17(15)25-18;3-2(4,5)1(6)7/h3-6,11,16H,7-10,12-14H2,1-2H3;(H,6,7). The van der Waals surface area contributed by atoms with Crippen molar-refractivity contribution < 1.29 is 32.6 Å². The number of likely N-dealkylation sites (tertiary alicyclic amines) is 2. The molecule has 0 bridgehead atoms. The minimum absolute atomic E-state index is 0.200. The second kappa shape index (κ2) is 9.76. The van der Waals surface area contributed by atoms with Crippen LogP contribution in [-0.4, -0.2) is 79.9 Å². The van der Waals surface area contributed by atoms with Gasteiger partial charge >= 0.3 is 12.1 Å². The monoisotopic (exact) mass is 472 g/mol. The van der Waals surface area contributed by atoms with Crippen molar-refractivity contribution in [2.45, 2.75) is 19.0 Å². The van der Waals surface area contributed by atoms with Crippen molar-refractivity contribution in [2.75, 3.05) is 46.9 Å². The fourth-order valence-corrected chi connectivity index (χ4v) is 5.73. The lowest BCUT2D eigenvalue weighted by molar-refractivity contribution is -0.192. The molecule has 2 saturated heterocycles. The van der Waals surface area contributed by atoms with E-state index in [2.05, 4.69) is 29.0 Å². The summed E-state index contributed by atoms with van der Waals surface area (Å²) in [5.74, 6) is -1.97. The molecule has 2 aliphatic heterocycles. The van der Waals surface area contributed by atoms with Gasteiger partial charge in [0.05, 0.1) is 11.5 Å². The lowest BCUT2D eigenvalue weighted by atomic mass is 9.71. The fraction of sp³-hybridized carbons (Fsp3) is 0.545. The summed E-state index contributed by atoms with van der Waals surface area (Å²) in [5, 5.41) is 8.29. The Morgan fingerprint density at radius 1 is 1.25 bits per heavy atom. The molecule has 3 heterocycles. The number of fused-ring (bicyclic) bond motifs is 1. The number of ether oxygens (including phenoxy) is 1. The van der Waals surface area contributed by atoms with E-state index in [-0.39, 0.29) is 5.91 Å². The van der Waals surface area contributed by atoms with Crippen LogP contribution in [0.2, 0.25) is 0 Å². The fourth-order valence-electron chi connectivity index (χ4n) is 4.70. The number of halogens is 3. The third-order valence-electron chi connectivity index (χ3n) is 6.28. The minimum atomic E-state index is -5.08. The van der Waals surface area contributed by atoms with Crippen LogP contribution in [0.15, 0.2) is 30.3 Å². The Kier molecular flexibility index (Phi) is 7.46. The summed E-state index contributed by atoms with van der Waals surface area (Å²) < 4.78 is 38.4. The van der Waals surface area contributed by atoms with Crippen molar-refractivity contribution in [3.05, 3.63) is 35.2 Å². The van der Waals surface area contributed by atoms with Crippen molar-refractivity contribution >= 4 is 33.3 Å². The van der Waals surface area contributed by atoms with Gasteiger partial charge in [0.25, 0.3) is 5.91 Å². The summed E-state index contributed by atoms with van der Waals surface area (Å²) in [4.78, 5) is 27.2. The van der Waals surface area contributed by atoms with Crippen molar-refractivity contribution in [1.29, 1.82) is 0 Å². The van der Waals surface area contributed by atoms with E-state index in [0.717, 1.165) is 50.5 Å². The maximum Gasteiger partial charge on any atom is 0.490 e. The molecule has 1 spiro atoms. The van der Waals surface area contributed by atoms with Gasteiger partial charge in [0.2, 0.25) is 0 Å².